The lowest BCUT2D eigenvalue weighted by Crippen LogP contribution is -2.55. The molecule has 3 heteroatoms. The Labute approximate surface area is 458 Å². The van der Waals surface area contributed by atoms with Gasteiger partial charge in [-0.3, -0.25) is 0 Å². The fourth-order valence-electron chi connectivity index (χ4n) is 16.5. The highest BCUT2D eigenvalue weighted by Gasteiger charge is 2.61. The topological polar surface area (TPSA) is 11.4 Å². The van der Waals surface area contributed by atoms with Crippen LogP contribution in [0.4, 0.5) is 34.1 Å². The van der Waals surface area contributed by atoms with Crippen LogP contribution in [-0.2, 0) is 5.41 Å². The molecule has 18 rings (SSSR count). The second-order valence-corrected chi connectivity index (χ2v) is 23.7. The van der Waals surface area contributed by atoms with Crippen molar-refractivity contribution >= 4 is 99.0 Å². The second-order valence-electron chi connectivity index (χ2n) is 23.7. The van der Waals surface area contributed by atoms with Crippen molar-refractivity contribution < 1.29 is 2.74 Å². The molecule has 0 atom stereocenters. The Bertz CT molecular complexity index is 4660. The average Bonchev–Trinajstić information content (AvgIpc) is 3.59. The SMILES string of the molecule is [2H]c1c(N(c2ccc3ccccc3c2)c2ccc3c(C(C)C)cc4c(N(c5ccccc5)c5ccc6c7ccccc7n(-c7ccccc7)c6c5)ccc5ccc2c3c54)cc2c(c1[2H])C1(c3ccccc3-2)C2CC3CC(C2)CC1C3. The van der Waals surface area contributed by atoms with Gasteiger partial charge in [-0.05, 0) is 207 Å². The summed E-state index contributed by atoms with van der Waals surface area (Å²) in [5.41, 5.74) is 15.5. The molecule has 13 aromatic rings. The molecule has 5 aliphatic rings. The Morgan fingerprint density at radius 2 is 1.04 bits per heavy atom. The maximum atomic E-state index is 10.5. The van der Waals surface area contributed by atoms with Gasteiger partial charge in [0, 0.05) is 55.4 Å². The highest BCUT2D eigenvalue weighted by atomic mass is 15.2. The molecule has 1 aromatic heterocycles. The van der Waals surface area contributed by atoms with E-state index < -0.39 is 0 Å². The minimum Gasteiger partial charge on any atom is -0.310 e. The summed E-state index contributed by atoms with van der Waals surface area (Å²) in [5, 5.41) is 11.9. The van der Waals surface area contributed by atoms with Gasteiger partial charge in [-0.15, -0.1) is 0 Å². The Kier molecular flexibility index (Phi) is 9.07. The molecule has 4 saturated carbocycles. The summed E-state index contributed by atoms with van der Waals surface area (Å²) in [6.07, 6.45) is 6.31. The largest absolute Gasteiger partial charge is 0.310 e. The predicted molar refractivity (Wildman–Crippen MR) is 329 cm³/mol. The van der Waals surface area contributed by atoms with E-state index in [9.17, 15) is 2.74 Å². The zero-order valence-electron chi connectivity index (χ0n) is 46.0. The molecule has 0 unspecified atom stereocenters. The van der Waals surface area contributed by atoms with Crippen LogP contribution in [0.15, 0.2) is 230 Å². The van der Waals surface area contributed by atoms with Gasteiger partial charge in [-0.2, -0.15) is 0 Å². The van der Waals surface area contributed by atoms with Gasteiger partial charge in [-0.1, -0.05) is 159 Å². The molecule has 12 aromatic carbocycles. The van der Waals surface area contributed by atoms with Crippen molar-refractivity contribution in [2.24, 2.45) is 23.7 Å². The lowest BCUT2D eigenvalue weighted by atomic mass is 9.43. The van der Waals surface area contributed by atoms with Gasteiger partial charge >= 0.3 is 0 Å². The lowest BCUT2D eigenvalue weighted by molar-refractivity contribution is -0.0399. The summed E-state index contributed by atoms with van der Waals surface area (Å²) < 4.78 is 23.3. The van der Waals surface area contributed by atoms with Crippen molar-refractivity contribution in [1.29, 1.82) is 0 Å². The standard InChI is InChI=1S/C75H59N3/c1-46(2)64-45-66-71(76(54-17-5-3-6-18-54)58-29-32-61-60-22-12-14-24-69(60)78(72(61)44-58)55-19-7-4-8-20-55)35-27-50-26-31-63-70(36-33-62(64)74(63)73(50)66)77(56-28-25-49-15-9-10-16-51(49)42-56)57-30-34-68-65(43-57)59-21-11-13-23-67(59)75(68)52-38-47-37-48(40-52)41-53(75)39-47/h3-36,42-48,52-53H,37-41H2,1-2H3/i30D,34D. The summed E-state index contributed by atoms with van der Waals surface area (Å²) in [6.45, 7) is 4.65. The molecular weight excluding hydrogens is 943 g/mol. The summed E-state index contributed by atoms with van der Waals surface area (Å²) in [4.78, 5) is 4.81. The first-order valence-electron chi connectivity index (χ1n) is 29.5. The minimum atomic E-state index is -0.212. The van der Waals surface area contributed by atoms with E-state index in [-0.39, 0.29) is 11.3 Å². The third kappa shape index (κ3) is 6.22. The molecule has 5 aliphatic carbocycles. The first kappa shape index (κ1) is 42.5. The van der Waals surface area contributed by atoms with Crippen LogP contribution >= 0.6 is 0 Å². The van der Waals surface area contributed by atoms with Gasteiger partial charge < -0.3 is 14.4 Å². The molecule has 4 bridgehead atoms. The molecule has 78 heavy (non-hydrogen) atoms. The molecule has 4 fully saturated rings. The minimum absolute atomic E-state index is 0.212. The number of rotatable bonds is 8. The van der Waals surface area contributed by atoms with Crippen molar-refractivity contribution in [3.8, 4) is 16.8 Å². The summed E-state index contributed by atoms with van der Waals surface area (Å²) in [6, 6.07) is 81.4. The third-order valence-corrected chi connectivity index (χ3v) is 19.4. The van der Waals surface area contributed by atoms with E-state index in [0.29, 0.717) is 23.9 Å². The number of fused-ring (bicyclic) bond motifs is 7. The van der Waals surface area contributed by atoms with Gasteiger partial charge in [0.25, 0.3) is 0 Å². The van der Waals surface area contributed by atoms with E-state index >= 15 is 0 Å². The summed E-state index contributed by atoms with van der Waals surface area (Å²) in [7, 11) is 0. The normalized spacial score (nSPS) is 20.4. The molecule has 0 radical (unpaired) electrons. The van der Waals surface area contributed by atoms with Crippen LogP contribution in [0.3, 0.4) is 0 Å². The first-order valence-corrected chi connectivity index (χ1v) is 28.5. The molecule has 1 heterocycles. The monoisotopic (exact) mass is 1000 g/mol. The van der Waals surface area contributed by atoms with E-state index in [2.05, 4.69) is 247 Å². The number of nitrogens with zero attached hydrogens (tertiary/aromatic N) is 3. The number of benzene rings is 12. The predicted octanol–water partition coefficient (Wildman–Crippen LogP) is 20.6. The zero-order chi connectivity index (χ0) is 53.1. The molecular formula is C75H59N3. The third-order valence-electron chi connectivity index (χ3n) is 19.4. The number of aromatic nitrogens is 1. The molecule has 1 spiro atoms. The number of para-hydroxylation sites is 3. The van der Waals surface area contributed by atoms with Crippen LogP contribution < -0.4 is 9.80 Å². The molecule has 3 nitrogen and oxygen atoms in total. The van der Waals surface area contributed by atoms with E-state index in [0.717, 1.165) is 79.1 Å². The Hall–Kier alpha value is -8.66. The van der Waals surface area contributed by atoms with Gasteiger partial charge in [0.2, 0.25) is 0 Å². The Balaban J connectivity index is 0.919. The summed E-state index contributed by atoms with van der Waals surface area (Å²) in [5.74, 6) is 2.81. The molecule has 0 saturated heterocycles. The van der Waals surface area contributed by atoms with Gasteiger partial charge in [0.1, 0.15) is 0 Å². The van der Waals surface area contributed by atoms with Gasteiger partial charge in [0.15, 0.2) is 0 Å². The van der Waals surface area contributed by atoms with Crippen molar-refractivity contribution in [2.45, 2.75) is 57.3 Å². The maximum absolute atomic E-state index is 10.5. The molecule has 374 valence electrons. The Morgan fingerprint density at radius 1 is 0.423 bits per heavy atom. The van der Waals surface area contributed by atoms with Crippen LogP contribution in [0.2, 0.25) is 0 Å². The van der Waals surface area contributed by atoms with E-state index in [1.54, 1.807) is 0 Å². The number of hydrogen-bond acceptors (Lipinski definition) is 2. The van der Waals surface area contributed by atoms with Crippen LogP contribution in [0.1, 0.15) is 71.3 Å². The van der Waals surface area contributed by atoms with Crippen molar-refractivity contribution in [1.82, 2.24) is 4.57 Å². The van der Waals surface area contributed by atoms with Crippen LogP contribution in [0, 0.1) is 23.7 Å². The first-order chi connectivity index (χ1) is 39.3. The van der Waals surface area contributed by atoms with Crippen LogP contribution in [0.5, 0.6) is 0 Å². The highest BCUT2D eigenvalue weighted by Crippen LogP contribution is 2.69. The summed E-state index contributed by atoms with van der Waals surface area (Å²) >= 11 is 0. The molecule has 0 N–H and O–H groups in total. The van der Waals surface area contributed by atoms with Crippen molar-refractivity contribution in [3.63, 3.8) is 0 Å². The maximum Gasteiger partial charge on any atom is 0.0645 e. The van der Waals surface area contributed by atoms with E-state index in [4.69, 9.17) is 0 Å². The molecule has 0 aliphatic heterocycles. The zero-order valence-corrected chi connectivity index (χ0v) is 44.0. The smallest absolute Gasteiger partial charge is 0.0645 e. The Morgan fingerprint density at radius 3 is 1.86 bits per heavy atom. The van der Waals surface area contributed by atoms with Crippen molar-refractivity contribution in [2.75, 3.05) is 9.80 Å². The van der Waals surface area contributed by atoms with Crippen LogP contribution in [-0.4, -0.2) is 4.57 Å². The second kappa shape index (κ2) is 16.7. The van der Waals surface area contributed by atoms with Crippen molar-refractivity contribution in [3.05, 3.63) is 247 Å². The van der Waals surface area contributed by atoms with E-state index in [1.807, 2.05) is 0 Å². The fourth-order valence-corrected chi connectivity index (χ4v) is 16.5. The van der Waals surface area contributed by atoms with E-state index in [1.165, 1.54) is 97.4 Å². The lowest BCUT2D eigenvalue weighted by Gasteiger charge is -2.61. The quantitative estimate of drug-likeness (QED) is 0.141. The highest BCUT2D eigenvalue weighted by molar-refractivity contribution is 6.29. The fraction of sp³-hybridized carbons (Fsp3) is 0.173. The number of hydrogen-bond donors (Lipinski definition) is 0. The average molecular weight is 1000 g/mol. The van der Waals surface area contributed by atoms with Gasteiger partial charge in [-0.25, -0.2) is 0 Å². The van der Waals surface area contributed by atoms with Gasteiger partial charge in [0.05, 0.1) is 25.1 Å². The van der Waals surface area contributed by atoms with Crippen LogP contribution in [0.25, 0.3) is 81.7 Å². The molecule has 0 amide bonds. The number of anilines is 6.